The second-order valence-corrected chi connectivity index (χ2v) is 4.35. The molecule has 0 heterocycles. The maximum atomic E-state index is 13.6. The van der Waals surface area contributed by atoms with Gasteiger partial charge in [-0.05, 0) is 43.9 Å². The average molecular weight is 255 g/mol. The second-order valence-electron chi connectivity index (χ2n) is 4.35. The minimum atomic E-state index is -0.677. The highest BCUT2D eigenvalue weighted by molar-refractivity contribution is 5.31. The van der Waals surface area contributed by atoms with E-state index in [0.717, 1.165) is 6.42 Å². The molecular formula is C14H19F2NO. The summed E-state index contributed by atoms with van der Waals surface area (Å²) in [6.07, 6.45) is 3.61. The molecule has 0 radical (unpaired) electrons. The zero-order valence-electron chi connectivity index (χ0n) is 10.6. The van der Waals surface area contributed by atoms with Gasteiger partial charge in [-0.1, -0.05) is 6.08 Å². The Bertz CT molecular complexity index is 382. The van der Waals surface area contributed by atoms with Crippen molar-refractivity contribution < 1.29 is 13.5 Å². The lowest BCUT2D eigenvalue weighted by Crippen LogP contribution is -2.18. The summed E-state index contributed by atoms with van der Waals surface area (Å²) in [5.74, 6) is -1.67. The van der Waals surface area contributed by atoms with Crippen LogP contribution >= 0.6 is 0 Å². The Hall–Kier alpha value is -1.42. The number of unbranched alkanes of at least 4 members (excludes halogenated alkanes) is 1. The molecule has 0 bridgehead atoms. The number of hydrogen-bond acceptors (Lipinski definition) is 2. The quantitative estimate of drug-likeness (QED) is 0.600. The fourth-order valence-corrected chi connectivity index (χ4v) is 1.64. The van der Waals surface area contributed by atoms with E-state index in [1.54, 1.807) is 13.0 Å². The van der Waals surface area contributed by atoms with Crippen LogP contribution in [0.5, 0.6) is 5.75 Å². The number of allylic oxidation sites excluding steroid dienone is 1. The monoisotopic (exact) mass is 255 g/mol. The fourth-order valence-electron chi connectivity index (χ4n) is 1.64. The highest BCUT2D eigenvalue weighted by Gasteiger charge is 2.13. The Morgan fingerprint density at radius 1 is 1.39 bits per heavy atom. The lowest BCUT2D eigenvalue weighted by Gasteiger charge is -2.11. The molecule has 0 saturated heterocycles. The van der Waals surface area contributed by atoms with Gasteiger partial charge in [0, 0.05) is 6.04 Å². The van der Waals surface area contributed by atoms with Crippen molar-refractivity contribution in [2.45, 2.75) is 32.2 Å². The summed E-state index contributed by atoms with van der Waals surface area (Å²) in [6, 6.07) is 2.41. The van der Waals surface area contributed by atoms with Crippen LogP contribution in [0.3, 0.4) is 0 Å². The van der Waals surface area contributed by atoms with Crippen LogP contribution < -0.4 is 10.5 Å². The van der Waals surface area contributed by atoms with Crippen molar-refractivity contribution in [1.82, 2.24) is 0 Å². The van der Waals surface area contributed by atoms with Crippen molar-refractivity contribution in [2.75, 3.05) is 6.61 Å². The molecule has 0 aliphatic carbocycles. The average Bonchev–Trinajstić information content (AvgIpc) is 2.26. The Labute approximate surface area is 106 Å². The van der Waals surface area contributed by atoms with Crippen molar-refractivity contribution in [3.63, 3.8) is 0 Å². The topological polar surface area (TPSA) is 35.2 Å². The Balaban J connectivity index is 2.71. The van der Waals surface area contributed by atoms with Gasteiger partial charge in [0.05, 0.1) is 6.61 Å². The second kappa shape index (κ2) is 7.11. The van der Waals surface area contributed by atoms with E-state index in [9.17, 15) is 8.78 Å². The van der Waals surface area contributed by atoms with Crippen molar-refractivity contribution >= 4 is 0 Å². The first-order valence-electron chi connectivity index (χ1n) is 6.01. The molecule has 100 valence electrons. The van der Waals surface area contributed by atoms with Gasteiger partial charge in [-0.15, -0.1) is 6.58 Å². The van der Waals surface area contributed by atoms with E-state index in [1.165, 1.54) is 12.1 Å². The van der Waals surface area contributed by atoms with E-state index >= 15 is 0 Å². The van der Waals surface area contributed by atoms with Crippen molar-refractivity contribution in [2.24, 2.45) is 5.73 Å². The molecule has 2 N–H and O–H groups in total. The standard InChI is InChI=1S/C14H19F2NO/c1-3-4-5-6-18-14-12(15)8-11(7-10(2)17)9-13(14)16/h3,8-10H,1,4-7,17H2,2H3. The fraction of sp³-hybridized carbons (Fsp3) is 0.429. The summed E-state index contributed by atoms with van der Waals surface area (Å²) in [5.41, 5.74) is 6.13. The maximum absolute atomic E-state index is 13.6. The molecule has 0 aliphatic rings. The van der Waals surface area contributed by atoms with E-state index in [2.05, 4.69) is 6.58 Å². The number of ether oxygens (including phenoxy) is 1. The van der Waals surface area contributed by atoms with Gasteiger partial charge in [0.2, 0.25) is 0 Å². The van der Waals surface area contributed by atoms with Crippen LogP contribution in [0.25, 0.3) is 0 Å². The zero-order valence-corrected chi connectivity index (χ0v) is 10.6. The van der Waals surface area contributed by atoms with Crippen LogP contribution in [-0.4, -0.2) is 12.6 Å². The van der Waals surface area contributed by atoms with Gasteiger partial charge in [0.15, 0.2) is 17.4 Å². The molecule has 4 heteroatoms. The molecule has 1 aromatic rings. The van der Waals surface area contributed by atoms with Gasteiger partial charge in [0.1, 0.15) is 0 Å². The van der Waals surface area contributed by atoms with E-state index in [0.29, 0.717) is 18.4 Å². The molecule has 0 amide bonds. The van der Waals surface area contributed by atoms with Gasteiger partial charge in [-0.3, -0.25) is 0 Å². The summed E-state index contributed by atoms with van der Waals surface area (Å²) in [6.45, 7) is 5.62. The lowest BCUT2D eigenvalue weighted by atomic mass is 10.1. The Morgan fingerprint density at radius 3 is 2.50 bits per heavy atom. The largest absolute Gasteiger partial charge is 0.488 e. The minimum absolute atomic E-state index is 0.136. The first kappa shape index (κ1) is 14.6. The van der Waals surface area contributed by atoms with Gasteiger partial charge >= 0.3 is 0 Å². The third-order valence-corrected chi connectivity index (χ3v) is 2.41. The number of nitrogens with two attached hydrogens (primary N) is 1. The van der Waals surface area contributed by atoms with Crippen molar-refractivity contribution in [3.05, 3.63) is 42.0 Å². The van der Waals surface area contributed by atoms with E-state index in [-0.39, 0.29) is 18.4 Å². The van der Waals surface area contributed by atoms with Gasteiger partial charge in [-0.25, -0.2) is 8.78 Å². The maximum Gasteiger partial charge on any atom is 0.190 e. The van der Waals surface area contributed by atoms with Crippen LogP contribution in [0.2, 0.25) is 0 Å². The van der Waals surface area contributed by atoms with Crippen LogP contribution in [0.4, 0.5) is 8.78 Å². The first-order chi connectivity index (χ1) is 8.54. The number of hydrogen-bond donors (Lipinski definition) is 1. The summed E-state index contributed by atoms with van der Waals surface area (Å²) < 4.78 is 32.4. The summed E-state index contributed by atoms with van der Waals surface area (Å²) in [4.78, 5) is 0. The normalized spacial score (nSPS) is 12.2. The van der Waals surface area contributed by atoms with Gasteiger partial charge < -0.3 is 10.5 Å². The number of halogens is 2. The molecule has 1 aromatic carbocycles. The Kier molecular flexibility index (Phi) is 5.78. The summed E-state index contributed by atoms with van der Waals surface area (Å²) in [5, 5.41) is 0. The van der Waals surface area contributed by atoms with E-state index < -0.39 is 11.6 Å². The predicted molar refractivity (Wildman–Crippen MR) is 68.6 cm³/mol. The van der Waals surface area contributed by atoms with E-state index in [4.69, 9.17) is 10.5 Å². The highest BCUT2D eigenvalue weighted by atomic mass is 19.1. The summed E-state index contributed by atoms with van der Waals surface area (Å²) >= 11 is 0. The molecular weight excluding hydrogens is 236 g/mol. The molecule has 2 nitrogen and oxygen atoms in total. The van der Waals surface area contributed by atoms with Crippen LogP contribution in [-0.2, 0) is 6.42 Å². The van der Waals surface area contributed by atoms with Gasteiger partial charge in [0.25, 0.3) is 0 Å². The molecule has 18 heavy (non-hydrogen) atoms. The van der Waals surface area contributed by atoms with Crippen LogP contribution in [0.1, 0.15) is 25.3 Å². The number of rotatable bonds is 7. The smallest absolute Gasteiger partial charge is 0.190 e. The molecule has 0 spiro atoms. The third-order valence-electron chi connectivity index (χ3n) is 2.41. The summed E-state index contributed by atoms with van der Waals surface area (Å²) in [7, 11) is 0. The van der Waals surface area contributed by atoms with Gasteiger partial charge in [-0.2, -0.15) is 0 Å². The lowest BCUT2D eigenvalue weighted by molar-refractivity contribution is 0.280. The third kappa shape index (κ3) is 4.45. The van der Waals surface area contributed by atoms with Crippen molar-refractivity contribution in [3.8, 4) is 5.75 Å². The molecule has 0 aromatic heterocycles. The SMILES string of the molecule is C=CCCCOc1c(F)cc(CC(C)N)cc1F. The minimum Gasteiger partial charge on any atom is -0.488 e. The molecule has 1 atom stereocenters. The highest BCUT2D eigenvalue weighted by Crippen LogP contribution is 2.24. The molecule has 1 rings (SSSR count). The predicted octanol–water partition coefficient (Wildman–Crippen LogP) is 3.20. The first-order valence-corrected chi connectivity index (χ1v) is 6.01. The zero-order chi connectivity index (χ0) is 13.5. The van der Waals surface area contributed by atoms with Crippen LogP contribution in [0.15, 0.2) is 24.8 Å². The Morgan fingerprint density at radius 2 is 2.00 bits per heavy atom. The molecule has 1 unspecified atom stereocenters. The molecule has 0 fully saturated rings. The number of benzene rings is 1. The van der Waals surface area contributed by atoms with E-state index in [1.807, 2.05) is 0 Å². The molecule has 0 aliphatic heterocycles. The molecule has 0 saturated carbocycles. The van der Waals surface area contributed by atoms with Crippen molar-refractivity contribution in [1.29, 1.82) is 0 Å². The van der Waals surface area contributed by atoms with Crippen LogP contribution in [0, 0.1) is 11.6 Å².